The van der Waals surface area contributed by atoms with E-state index in [1.807, 2.05) is 5.51 Å². The zero-order valence-corrected chi connectivity index (χ0v) is 8.57. The largest absolute Gasteiger partial charge is 0.250 e. The van der Waals surface area contributed by atoms with Crippen molar-refractivity contribution in [3.63, 3.8) is 0 Å². The standard InChI is InChI=1S/C10H17NS/c1-2-3-4-5-6-7-10-8-12-9-11-10/h8-9H,2-7H2,1H3. The van der Waals surface area contributed by atoms with Crippen LogP contribution in [-0.2, 0) is 6.42 Å². The van der Waals surface area contributed by atoms with Gasteiger partial charge in [-0.3, -0.25) is 0 Å². The number of hydrogen-bond acceptors (Lipinski definition) is 2. The summed E-state index contributed by atoms with van der Waals surface area (Å²) in [5.41, 5.74) is 3.19. The molecule has 1 rings (SSSR count). The highest BCUT2D eigenvalue weighted by Crippen LogP contribution is 2.08. The lowest BCUT2D eigenvalue weighted by Gasteiger charge is -1.97. The summed E-state index contributed by atoms with van der Waals surface area (Å²) < 4.78 is 0. The molecule has 0 radical (unpaired) electrons. The van der Waals surface area contributed by atoms with Crippen LogP contribution >= 0.6 is 11.3 Å². The van der Waals surface area contributed by atoms with Gasteiger partial charge in [-0.25, -0.2) is 4.98 Å². The fourth-order valence-electron chi connectivity index (χ4n) is 1.27. The molecular formula is C10H17NS. The fourth-order valence-corrected chi connectivity index (χ4v) is 1.86. The van der Waals surface area contributed by atoms with Crippen LogP contribution in [0.5, 0.6) is 0 Å². The third-order valence-corrected chi connectivity index (χ3v) is 2.66. The third-order valence-electron chi connectivity index (χ3n) is 2.02. The first kappa shape index (κ1) is 9.72. The van der Waals surface area contributed by atoms with Gasteiger partial charge in [0.05, 0.1) is 11.2 Å². The molecular weight excluding hydrogens is 166 g/mol. The summed E-state index contributed by atoms with van der Waals surface area (Å²) in [6.07, 6.45) is 7.96. The molecule has 0 bridgehead atoms. The Kier molecular flexibility index (Phi) is 5.00. The number of aromatic nitrogens is 1. The number of rotatable bonds is 6. The molecule has 0 aliphatic heterocycles. The fraction of sp³-hybridized carbons (Fsp3) is 0.700. The van der Waals surface area contributed by atoms with E-state index in [9.17, 15) is 0 Å². The maximum atomic E-state index is 4.25. The lowest BCUT2D eigenvalue weighted by atomic mass is 10.1. The lowest BCUT2D eigenvalue weighted by molar-refractivity contribution is 0.629. The monoisotopic (exact) mass is 183 g/mol. The van der Waals surface area contributed by atoms with Gasteiger partial charge < -0.3 is 0 Å². The molecule has 2 heteroatoms. The highest BCUT2D eigenvalue weighted by molar-refractivity contribution is 7.07. The highest BCUT2D eigenvalue weighted by Gasteiger charge is 1.94. The molecule has 1 aromatic heterocycles. The number of thiazole rings is 1. The van der Waals surface area contributed by atoms with Gasteiger partial charge in [0.2, 0.25) is 0 Å². The maximum Gasteiger partial charge on any atom is 0.0794 e. The molecule has 0 aromatic carbocycles. The van der Waals surface area contributed by atoms with Gasteiger partial charge in [0.25, 0.3) is 0 Å². The van der Waals surface area contributed by atoms with Crippen molar-refractivity contribution in [2.45, 2.75) is 45.4 Å². The van der Waals surface area contributed by atoms with Crippen LogP contribution in [0.2, 0.25) is 0 Å². The van der Waals surface area contributed by atoms with E-state index in [2.05, 4.69) is 17.3 Å². The summed E-state index contributed by atoms with van der Waals surface area (Å²) in [5.74, 6) is 0. The summed E-state index contributed by atoms with van der Waals surface area (Å²) >= 11 is 1.70. The van der Waals surface area contributed by atoms with Gasteiger partial charge in [0.1, 0.15) is 0 Å². The number of nitrogens with zero attached hydrogens (tertiary/aromatic N) is 1. The molecule has 1 heterocycles. The number of hydrogen-bond donors (Lipinski definition) is 0. The van der Waals surface area contributed by atoms with E-state index in [0.717, 1.165) is 0 Å². The van der Waals surface area contributed by atoms with Gasteiger partial charge in [-0.15, -0.1) is 11.3 Å². The minimum Gasteiger partial charge on any atom is -0.250 e. The molecule has 0 aliphatic rings. The van der Waals surface area contributed by atoms with Gasteiger partial charge >= 0.3 is 0 Å². The van der Waals surface area contributed by atoms with Gasteiger partial charge in [0, 0.05) is 5.38 Å². The molecule has 0 atom stereocenters. The molecule has 68 valence electrons. The Morgan fingerprint density at radius 3 is 2.75 bits per heavy atom. The predicted octanol–water partition coefficient (Wildman–Crippen LogP) is 3.66. The highest BCUT2D eigenvalue weighted by atomic mass is 32.1. The molecule has 0 saturated carbocycles. The average Bonchev–Trinajstić information content (AvgIpc) is 2.57. The van der Waals surface area contributed by atoms with E-state index in [-0.39, 0.29) is 0 Å². The minimum absolute atomic E-state index is 1.17. The second kappa shape index (κ2) is 6.18. The van der Waals surface area contributed by atoms with E-state index in [1.54, 1.807) is 11.3 Å². The Bertz CT molecular complexity index is 182. The van der Waals surface area contributed by atoms with E-state index in [1.165, 1.54) is 44.2 Å². The second-order valence-electron chi connectivity index (χ2n) is 3.14. The SMILES string of the molecule is CCCCCCCc1cscn1. The second-order valence-corrected chi connectivity index (χ2v) is 3.86. The smallest absolute Gasteiger partial charge is 0.0794 e. The Morgan fingerprint density at radius 1 is 1.25 bits per heavy atom. The van der Waals surface area contributed by atoms with Gasteiger partial charge in [-0.05, 0) is 12.8 Å². The van der Waals surface area contributed by atoms with Crippen molar-refractivity contribution in [2.24, 2.45) is 0 Å². The molecule has 0 fully saturated rings. The van der Waals surface area contributed by atoms with Crippen molar-refractivity contribution in [1.29, 1.82) is 0 Å². The summed E-state index contributed by atoms with van der Waals surface area (Å²) in [6, 6.07) is 0. The molecule has 0 spiro atoms. The molecule has 0 aliphatic carbocycles. The summed E-state index contributed by atoms with van der Waals surface area (Å²) in [4.78, 5) is 4.25. The van der Waals surface area contributed by atoms with Crippen molar-refractivity contribution in [1.82, 2.24) is 4.98 Å². The van der Waals surface area contributed by atoms with E-state index in [0.29, 0.717) is 0 Å². The maximum absolute atomic E-state index is 4.25. The predicted molar refractivity (Wildman–Crippen MR) is 54.6 cm³/mol. The van der Waals surface area contributed by atoms with Crippen LogP contribution in [0.25, 0.3) is 0 Å². The van der Waals surface area contributed by atoms with Gasteiger partial charge in [-0.1, -0.05) is 32.6 Å². The molecule has 0 amide bonds. The van der Waals surface area contributed by atoms with Crippen LogP contribution in [0.15, 0.2) is 10.9 Å². The number of aryl methyl sites for hydroxylation is 1. The molecule has 1 nitrogen and oxygen atoms in total. The van der Waals surface area contributed by atoms with Crippen LogP contribution in [0.1, 0.15) is 44.7 Å². The average molecular weight is 183 g/mol. The quantitative estimate of drug-likeness (QED) is 0.613. The molecule has 12 heavy (non-hydrogen) atoms. The van der Waals surface area contributed by atoms with E-state index >= 15 is 0 Å². The first-order valence-electron chi connectivity index (χ1n) is 4.80. The van der Waals surface area contributed by atoms with Gasteiger partial charge in [0.15, 0.2) is 0 Å². The van der Waals surface area contributed by atoms with Crippen LogP contribution in [0.3, 0.4) is 0 Å². The summed E-state index contributed by atoms with van der Waals surface area (Å²) in [7, 11) is 0. The lowest BCUT2D eigenvalue weighted by Crippen LogP contribution is -1.85. The Hall–Kier alpha value is -0.370. The van der Waals surface area contributed by atoms with Crippen LogP contribution in [0.4, 0.5) is 0 Å². The van der Waals surface area contributed by atoms with Crippen molar-refractivity contribution in [3.8, 4) is 0 Å². The van der Waals surface area contributed by atoms with E-state index in [4.69, 9.17) is 0 Å². The zero-order chi connectivity index (χ0) is 8.65. The Balaban J connectivity index is 1.96. The summed E-state index contributed by atoms with van der Waals surface area (Å²) in [6.45, 7) is 2.25. The molecule has 0 saturated heterocycles. The molecule has 1 aromatic rings. The van der Waals surface area contributed by atoms with E-state index < -0.39 is 0 Å². The molecule has 0 unspecified atom stereocenters. The van der Waals surface area contributed by atoms with Crippen molar-refractivity contribution >= 4 is 11.3 Å². The third kappa shape index (κ3) is 3.86. The Labute approximate surface area is 78.8 Å². The zero-order valence-electron chi connectivity index (χ0n) is 7.75. The first-order valence-corrected chi connectivity index (χ1v) is 5.75. The Morgan fingerprint density at radius 2 is 2.08 bits per heavy atom. The normalized spacial score (nSPS) is 10.4. The van der Waals surface area contributed by atoms with Crippen LogP contribution < -0.4 is 0 Å². The van der Waals surface area contributed by atoms with Crippen LogP contribution in [-0.4, -0.2) is 4.98 Å². The molecule has 0 N–H and O–H groups in total. The van der Waals surface area contributed by atoms with Crippen LogP contribution in [0, 0.1) is 0 Å². The van der Waals surface area contributed by atoms with Crippen molar-refractivity contribution in [3.05, 3.63) is 16.6 Å². The van der Waals surface area contributed by atoms with Crippen molar-refractivity contribution < 1.29 is 0 Å². The summed E-state index contributed by atoms with van der Waals surface area (Å²) in [5, 5.41) is 2.15. The minimum atomic E-state index is 1.17. The van der Waals surface area contributed by atoms with Gasteiger partial charge in [-0.2, -0.15) is 0 Å². The first-order chi connectivity index (χ1) is 5.93. The van der Waals surface area contributed by atoms with Crippen molar-refractivity contribution in [2.75, 3.05) is 0 Å². The number of unbranched alkanes of at least 4 members (excludes halogenated alkanes) is 4. The topological polar surface area (TPSA) is 12.9 Å².